The zero-order chi connectivity index (χ0) is 32.5. The van der Waals surface area contributed by atoms with E-state index in [4.69, 9.17) is 23.2 Å². The van der Waals surface area contributed by atoms with Crippen molar-refractivity contribution in [1.82, 2.24) is 24.2 Å². The summed E-state index contributed by atoms with van der Waals surface area (Å²) in [7, 11) is 1.47. The highest BCUT2D eigenvalue weighted by atomic mass is 35.5. The molecule has 1 fully saturated rings. The van der Waals surface area contributed by atoms with Crippen molar-refractivity contribution in [1.29, 1.82) is 0 Å². The summed E-state index contributed by atoms with van der Waals surface area (Å²) >= 11 is 6.77. The van der Waals surface area contributed by atoms with Crippen LogP contribution in [0.3, 0.4) is 0 Å². The smallest absolute Gasteiger partial charge is 0.283 e. The van der Waals surface area contributed by atoms with Crippen molar-refractivity contribution < 1.29 is 19.1 Å². The molecular weight excluding hydrogens is 603 g/mol. The summed E-state index contributed by atoms with van der Waals surface area (Å²) in [5, 5.41) is 15.3. The summed E-state index contributed by atoms with van der Waals surface area (Å²) < 4.78 is 17.9. The largest absolute Gasteiger partial charge is 0.507 e. The molecule has 0 spiro atoms. The molecule has 12 nitrogen and oxygen atoms in total. The van der Waals surface area contributed by atoms with Crippen LogP contribution in [-0.2, 0) is 15.1 Å². The monoisotopic (exact) mass is 630 g/mol. The number of amides is 2. The van der Waals surface area contributed by atoms with Crippen molar-refractivity contribution in [2.24, 2.45) is 0 Å². The molecular formula is C31H28ClFN8O4. The molecule has 1 aromatic carbocycles. The van der Waals surface area contributed by atoms with Crippen LogP contribution in [0.5, 0.6) is 5.75 Å². The van der Waals surface area contributed by atoms with Crippen LogP contribution in [0.2, 0.25) is 5.02 Å². The summed E-state index contributed by atoms with van der Waals surface area (Å²) in [6, 6.07) is 4.46. The number of aromatic hydroxyl groups is 1. The van der Waals surface area contributed by atoms with Crippen LogP contribution in [0.15, 0.2) is 47.9 Å². The second-order valence-electron chi connectivity index (χ2n) is 11.8. The predicted molar refractivity (Wildman–Crippen MR) is 168 cm³/mol. The Morgan fingerprint density at radius 2 is 1.98 bits per heavy atom. The minimum absolute atomic E-state index is 0.00259. The number of likely N-dealkylation sites (N-methyl/N-ethyl adjacent to an activating group) is 1. The molecule has 6 rings (SSSR count). The van der Waals surface area contributed by atoms with Gasteiger partial charge < -0.3 is 19.8 Å². The normalized spacial score (nSPS) is 16.4. The zero-order valence-corrected chi connectivity index (χ0v) is 25.6. The van der Waals surface area contributed by atoms with E-state index in [1.807, 2.05) is 20.8 Å². The molecule has 0 saturated carbocycles. The SMILES string of the molecule is [C-]#[N+]c1cnn(C(C)(C)C)c1-n1c(=O)c2c(c3cc(Cl)c(-c4c(O)cccc4F)nc31)N1CCN(C(=O)C=C)C[C@@H]1C(=O)N2C. The lowest BCUT2D eigenvalue weighted by molar-refractivity contribution is -0.128. The molecule has 0 radical (unpaired) electrons. The second kappa shape index (κ2) is 10.4. The Bertz CT molecular complexity index is 2040. The summed E-state index contributed by atoms with van der Waals surface area (Å²) in [5.41, 5.74) is -1.36. The van der Waals surface area contributed by atoms with E-state index in [2.05, 4.69) is 16.5 Å². The van der Waals surface area contributed by atoms with Crippen molar-refractivity contribution in [3.63, 3.8) is 0 Å². The number of pyridine rings is 2. The van der Waals surface area contributed by atoms with Gasteiger partial charge in [-0.2, -0.15) is 5.10 Å². The fraction of sp³-hybridized carbons (Fsp3) is 0.290. The number of carbonyl (C=O) groups is 2. The number of halogens is 2. The van der Waals surface area contributed by atoms with E-state index in [9.17, 15) is 19.5 Å². The highest BCUT2D eigenvalue weighted by molar-refractivity contribution is 6.34. The second-order valence-corrected chi connectivity index (χ2v) is 12.2. The van der Waals surface area contributed by atoms with Gasteiger partial charge >= 0.3 is 0 Å². The van der Waals surface area contributed by atoms with E-state index in [0.717, 1.165) is 6.07 Å². The number of nitrogens with zero attached hydrogens (tertiary/aromatic N) is 8. The van der Waals surface area contributed by atoms with Gasteiger partial charge in [-0.3, -0.25) is 23.6 Å². The molecule has 1 atom stereocenters. The molecule has 45 heavy (non-hydrogen) atoms. The molecule has 2 aliphatic heterocycles. The quantitative estimate of drug-likeness (QED) is 0.266. The average molecular weight is 631 g/mol. The number of rotatable bonds is 3. The first kappa shape index (κ1) is 29.8. The highest BCUT2D eigenvalue weighted by Crippen LogP contribution is 2.44. The van der Waals surface area contributed by atoms with Gasteiger partial charge in [-0.05, 0) is 45.0 Å². The number of carbonyl (C=O) groups excluding carboxylic acids is 2. The van der Waals surface area contributed by atoms with E-state index in [1.54, 1.807) is 4.90 Å². The third-order valence-electron chi connectivity index (χ3n) is 8.08. The van der Waals surface area contributed by atoms with Crippen LogP contribution in [0.25, 0.3) is 33.0 Å². The van der Waals surface area contributed by atoms with Gasteiger partial charge in [0.1, 0.15) is 29.1 Å². The summed E-state index contributed by atoms with van der Waals surface area (Å²) in [6.45, 7) is 17.5. The molecule has 2 aliphatic rings. The fourth-order valence-electron chi connectivity index (χ4n) is 6.00. The number of phenolic OH excluding ortho intramolecular Hbond substituents is 1. The zero-order valence-electron chi connectivity index (χ0n) is 24.9. The van der Waals surface area contributed by atoms with E-state index < -0.39 is 34.6 Å². The van der Waals surface area contributed by atoms with Crippen LogP contribution in [0.1, 0.15) is 20.8 Å². The number of anilines is 2. The number of hydrogen-bond acceptors (Lipinski definition) is 7. The van der Waals surface area contributed by atoms with Crippen molar-refractivity contribution in [2.45, 2.75) is 32.4 Å². The summed E-state index contributed by atoms with van der Waals surface area (Å²) in [5.74, 6) is -1.83. The number of fused-ring (bicyclic) bond motifs is 5. The molecule has 5 heterocycles. The average Bonchev–Trinajstić information content (AvgIpc) is 3.43. The molecule has 2 amide bonds. The van der Waals surface area contributed by atoms with Crippen LogP contribution in [0, 0.1) is 12.4 Å². The lowest BCUT2D eigenvalue weighted by atomic mass is 10.0. The molecule has 14 heteroatoms. The standard InChI is InChI=1S/C31H28ClFN8O4/c1-7-22(43)38-11-12-39-20(15-38)29(44)37(6)26-25(39)16-13-17(32)24(23-18(33)9-8-10-21(23)42)36-27(16)40(30(26)45)28-19(34-5)14-35-41(28)31(2,3)4/h7-10,13-14,20,42H,1,11-12,15H2,2-4,6H3/t20-/m1/s1. The number of piperazine rings is 1. The topological polar surface area (TPSA) is 121 Å². The van der Waals surface area contributed by atoms with E-state index in [1.165, 1.54) is 56.6 Å². The summed E-state index contributed by atoms with van der Waals surface area (Å²) in [6.07, 6.45) is 2.52. The Morgan fingerprint density at radius 1 is 1.24 bits per heavy atom. The first-order valence-electron chi connectivity index (χ1n) is 14.0. The van der Waals surface area contributed by atoms with Crippen molar-refractivity contribution in [3.05, 3.63) is 75.7 Å². The van der Waals surface area contributed by atoms with Gasteiger partial charge in [0.15, 0.2) is 5.65 Å². The minimum atomic E-state index is -0.827. The van der Waals surface area contributed by atoms with Gasteiger partial charge in [0.05, 0.1) is 46.8 Å². The maximum atomic E-state index is 15.2. The van der Waals surface area contributed by atoms with Crippen LogP contribution < -0.4 is 15.4 Å². The first-order chi connectivity index (χ1) is 21.3. The van der Waals surface area contributed by atoms with Crippen LogP contribution in [-0.4, -0.2) is 73.9 Å². The van der Waals surface area contributed by atoms with E-state index in [0.29, 0.717) is 11.1 Å². The van der Waals surface area contributed by atoms with Gasteiger partial charge in [0.2, 0.25) is 11.6 Å². The minimum Gasteiger partial charge on any atom is -0.507 e. The number of hydrogen-bond donors (Lipinski definition) is 1. The molecule has 1 N–H and O–H groups in total. The third kappa shape index (κ3) is 4.43. The first-order valence-corrected chi connectivity index (χ1v) is 14.4. The number of benzene rings is 1. The molecule has 0 bridgehead atoms. The molecule has 230 valence electrons. The Balaban J connectivity index is 1.76. The summed E-state index contributed by atoms with van der Waals surface area (Å²) in [4.78, 5) is 53.8. The molecule has 1 saturated heterocycles. The number of phenols is 1. The molecule has 4 aromatic rings. The maximum absolute atomic E-state index is 15.2. The molecule has 0 unspecified atom stereocenters. The fourth-order valence-corrected chi connectivity index (χ4v) is 6.25. The van der Waals surface area contributed by atoms with Gasteiger partial charge in [-0.15, -0.1) is 0 Å². The van der Waals surface area contributed by atoms with E-state index >= 15 is 4.39 Å². The Hall–Kier alpha value is -5.22. The Morgan fingerprint density at radius 3 is 2.62 bits per heavy atom. The van der Waals surface area contributed by atoms with E-state index in [-0.39, 0.29) is 64.7 Å². The van der Waals surface area contributed by atoms with Gasteiger partial charge in [-0.1, -0.05) is 24.2 Å². The third-order valence-corrected chi connectivity index (χ3v) is 8.37. The lowest BCUT2D eigenvalue weighted by Gasteiger charge is -2.47. The Kier molecular flexibility index (Phi) is 6.93. The maximum Gasteiger partial charge on any atom is 0.283 e. The Labute approximate surface area is 262 Å². The van der Waals surface area contributed by atoms with Gasteiger partial charge in [0.25, 0.3) is 11.5 Å². The molecule has 3 aromatic heterocycles. The lowest BCUT2D eigenvalue weighted by Crippen LogP contribution is -2.63. The highest BCUT2D eigenvalue weighted by Gasteiger charge is 2.44. The van der Waals surface area contributed by atoms with Crippen LogP contribution >= 0.6 is 11.6 Å². The van der Waals surface area contributed by atoms with Crippen molar-refractivity contribution in [3.8, 4) is 22.8 Å². The number of aromatic nitrogens is 4. The van der Waals surface area contributed by atoms with Gasteiger partial charge in [-0.25, -0.2) is 14.2 Å². The predicted octanol–water partition coefficient (Wildman–Crippen LogP) is 4.23. The van der Waals surface area contributed by atoms with Crippen molar-refractivity contribution >= 4 is 51.5 Å². The van der Waals surface area contributed by atoms with Crippen LogP contribution in [0.4, 0.5) is 21.5 Å². The van der Waals surface area contributed by atoms with Crippen molar-refractivity contribution in [2.75, 3.05) is 36.5 Å². The molecule has 0 aliphatic carbocycles. The van der Waals surface area contributed by atoms with Gasteiger partial charge in [0, 0.05) is 25.5 Å².